The van der Waals surface area contributed by atoms with Crippen molar-refractivity contribution in [3.8, 4) is 0 Å². The topological polar surface area (TPSA) is 49.9 Å². The third-order valence-corrected chi connectivity index (χ3v) is 5.50. The molecule has 2 fully saturated rings. The van der Waals surface area contributed by atoms with Crippen LogP contribution in [0.2, 0.25) is 0 Å². The van der Waals surface area contributed by atoms with E-state index in [0.717, 1.165) is 37.9 Å². The number of para-hydroxylation sites is 1. The molecule has 2 aliphatic rings. The average Bonchev–Trinajstić information content (AvgIpc) is 2.66. The van der Waals surface area contributed by atoms with Gasteiger partial charge < -0.3 is 14.5 Å². The Kier molecular flexibility index (Phi) is 5.42. The molecule has 136 valence electrons. The van der Waals surface area contributed by atoms with Crippen LogP contribution < -0.4 is 4.90 Å². The molecule has 2 heterocycles. The molecule has 0 aliphatic carbocycles. The van der Waals surface area contributed by atoms with Gasteiger partial charge in [0, 0.05) is 18.2 Å². The molecule has 1 aromatic carbocycles. The maximum Gasteiger partial charge on any atom is 0.253 e. The molecule has 1 aromatic rings. The second-order valence-electron chi connectivity index (χ2n) is 7.16. The van der Waals surface area contributed by atoms with E-state index in [4.69, 9.17) is 4.74 Å². The summed E-state index contributed by atoms with van der Waals surface area (Å²) in [5.41, 5.74) is 0.461. The van der Waals surface area contributed by atoms with E-state index in [2.05, 4.69) is 13.8 Å². The highest BCUT2D eigenvalue weighted by Crippen LogP contribution is 2.32. The van der Waals surface area contributed by atoms with Crippen LogP contribution in [-0.4, -0.2) is 48.6 Å². The van der Waals surface area contributed by atoms with Gasteiger partial charge in [-0.2, -0.15) is 0 Å². The van der Waals surface area contributed by atoms with Gasteiger partial charge in [-0.15, -0.1) is 0 Å². The first-order valence-electron chi connectivity index (χ1n) is 9.36. The number of piperidine rings is 1. The molecule has 0 aromatic heterocycles. The number of carbonyl (C=O) groups is 2. The lowest BCUT2D eigenvalue weighted by atomic mass is 9.89. The first-order chi connectivity index (χ1) is 12.1. The summed E-state index contributed by atoms with van der Waals surface area (Å²) < 4.78 is 6.01. The summed E-state index contributed by atoms with van der Waals surface area (Å²) in [6.07, 6.45) is 3.54. The van der Waals surface area contributed by atoms with Crippen LogP contribution >= 0.6 is 0 Å². The second-order valence-corrected chi connectivity index (χ2v) is 7.16. The van der Waals surface area contributed by atoms with Crippen LogP contribution in [0.3, 0.4) is 0 Å². The molecule has 2 saturated heterocycles. The zero-order valence-corrected chi connectivity index (χ0v) is 15.2. The molecule has 0 N–H and O–H groups in total. The van der Waals surface area contributed by atoms with Gasteiger partial charge >= 0.3 is 0 Å². The molecular formula is C20H28N2O3. The highest BCUT2D eigenvalue weighted by atomic mass is 16.5. The zero-order chi connectivity index (χ0) is 17.9. The molecule has 3 rings (SSSR count). The van der Waals surface area contributed by atoms with Crippen molar-refractivity contribution >= 4 is 17.5 Å². The van der Waals surface area contributed by atoms with Crippen molar-refractivity contribution in [1.82, 2.24) is 4.90 Å². The molecule has 5 heteroatoms. The Labute approximate surface area is 149 Å². The number of amides is 2. The number of benzene rings is 1. The summed E-state index contributed by atoms with van der Waals surface area (Å²) in [5.74, 6) is 0.307. The van der Waals surface area contributed by atoms with Crippen molar-refractivity contribution in [1.29, 1.82) is 0 Å². The number of hydrogen-bond donors (Lipinski definition) is 0. The van der Waals surface area contributed by atoms with Crippen molar-refractivity contribution < 1.29 is 14.3 Å². The quantitative estimate of drug-likeness (QED) is 0.844. The summed E-state index contributed by atoms with van der Waals surface area (Å²) in [7, 11) is 0. The number of rotatable bonds is 4. The van der Waals surface area contributed by atoms with Crippen molar-refractivity contribution in [2.75, 3.05) is 31.1 Å². The van der Waals surface area contributed by atoms with Gasteiger partial charge in [0.1, 0.15) is 12.2 Å². The minimum Gasteiger partial charge on any atom is -0.361 e. The molecule has 0 bridgehead atoms. The van der Waals surface area contributed by atoms with Crippen LogP contribution in [0.5, 0.6) is 0 Å². The fourth-order valence-electron chi connectivity index (χ4n) is 3.99. The van der Waals surface area contributed by atoms with Gasteiger partial charge in [-0.1, -0.05) is 32.0 Å². The Bertz CT molecular complexity index is 615. The van der Waals surface area contributed by atoms with Gasteiger partial charge in [-0.25, -0.2) is 0 Å². The molecule has 1 atom stereocenters. The maximum atomic E-state index is 12.8. The van der Waals surface area contributed by atoms with E-state index < -0.39 is 5.60 Å². The number of nitrogens with zero attached hydrogens (tertiary/aromatic N) is 2. The number of anilines is 1. The lowest BCUT2D eigenvalue weighted by Gasteiger charge is -2.48. The summed E-state index contributed by atoms with van der Waals surface area (Å²) >= 11 is 0. The molecule has 1 unspecified atom stereocenters. The van der Waals surface area contributed by atoms with Crippen LogP contribution in [0, 0.1) is 5.92 Å². The first-order valence-corrected chi connectivity index (χ1v) is 9.36. The van der Waals surface area contributed by atoms with Crippen LogP contribution in [-0.2, 0) is 14.3 Å². The Morgan fingerprint density at radius 3 is 2.60 bits per heavy atom. The minimum atomic E-state index is -0.441. The van der Waals surface area contributed by atoms with Gasteiger partial charge in [0.2, 0.25) is 5.91 Å². The fraction of sp³-hybridized carbons (Fsp3) is 0.600. The van der Waals surface area contributed by atoms with Crippen molar-refractivity contribution in [3.05, 3.63) is 30.3 Å². The van der Waals surface area contributed by atoms with Gasteiger partial charge in [0.25, 0.3) is 5.91 Å². The van der Waals surface area contributed by atoms with E-state index >= 15 is 0 Å². The number of hydrogen-bond acceptors (Lipinski definition) is 3. The summed E-state index contributed by atoms with van der Waals surface area (Å²) in [6, 6.07) is 9.73. The second kappa shape index (κ2) is 7.56. The minimum absolute atomic E-state index is 0.0136. The summed E-state index contributed by atoms with van der Waals surface area (Å²) in [4.78, 5) is 28.9. The highest BCUT2D eigenvalue weighted by molar-refractivity contribution is 5.95. The predicted molar refractivity (Wildman–Crippen MR) is 97.4 cm³/mol. The van der Waals surface area contributed by atoms with Crippen molar-refractivity contribution in [2.45, 2.75) is 45.1 Å². The van der Waals surface area contributed by atoms with Crippen molar-refractivity contribution in [3.63, 3.8) is 0 Å². The van der Waals surface area contributed by atoms with E-state index in [1.54, 1.807) is 0 Å². The van der Waals surface area contributed by atoms with Crippen LogP contribution in [0.15, 0.2) is 30.3 Å². The summed E-state index contributed by atoms with van der Waals surface area (Å²) in [6.45, 7) is 6.11. The van der Waals surface area contributed by atoms with Gasteiger partial charge in [-0.3, -0.25) is 9.59 Å². The van der Waals surface area contributed by atoms with Gasteiger partial charge in [0.05, 0.1) is 13.1 Å². The Balaban J connectivity index is 1.76. The van der Waals surface area contributed by atoms with E-state index in [1.807, 2.05) is 40.1 Å². The standard InChI is InChI=1S/C20H28N2O3/c1-3-16(4-2)19(24)21-12-8-11-20(14-21)15-22(18(23)13-25-20)17-9-6-5-7-10-17/h5-7,9-10,16H,3-4,8,11-15H2,1-2H3. The molecule has 0 radical (unpaired) electrons. The third-order valence-electron chi connectivity index (χ3n) is 5.50. The lowest BCUT2D eigenvalue weighted by molar-refractivity contribution is -0.155. The molecule has 0 saturated carbocycles. The van der Waals surface area contributed by atoms with E-state index in [9.17, 15) is 9.59 Å². The maximum absolute atomic E-state index is 12.8. The smallest absolute Gasteiger partial charge is 0.253 e. The SMILES string of the molecule is CCC(CC)C(=O)N1CCCC2(C1)CN(c1ccccc1)C(=O)CO2. The molecule has 25 heavy (non-hydrogen) atoms. The number of morpholine rings is 1. The highest BCUT2D eigenvalue weighted by Gasteiger charge is 2.44. The van der Waals surface area contributed by atoms with Crippen LogP contribution in [0.1, 0.15) is 39.5 Å². The normalized spacial score (nSPS) is 24.2. The Hall–Kier alpha value is -1.88. The van der Waals surface area contributed by atoms with E-state index in [-0.39, 0.29) is 24.3 Å². The predicted octanol–water partition coefficient (Wildman–Crippen LogP) is 2.85. The average molecular weight is 344 g/mol. The van der Waals surface area contributed by atoms with Gasteiger partial charge in [-0.05, 0) is 37.8 Å². The monoisotopic (exact) mass is 344 g/mol. The Morgan fingerprint density at radius 2 is 1.92 bits per heavy atom. The zero-order valence-electron chi connectivity index (χ0n) is 15.2. The molecule has 1 spiro atoms. The molecule has 2 aliphatic heterocycles. The van der Waals surface area contributed by atoms with E-state index in [1.165, 1.54) is 0 Å². The number of likely N-dealkylation sites (tertiary alicyclic amines) is 1. The first kappa shape index (κ1) is 17.9. The largest absolute Gasteiger partial charge is 0.361 e. The number of carbonyl (C=O) groups excluding carboxylic acids is 2. The fourth-order valence-corrected chi connectivity index (χ4v) is 3.99. The molecule has 5 nitrogen and oxygen atoms in total. The summed E-state index contributed by atoms with van der Waals surface area (Å²) in [5, 5.41) is 0. The third kappa shape index (κ3) is 3.71. The molecular weight excluding hydrogens is 316 g/mol. The Morgan fingerprint density at radius 1 is 1.20 bits per heavy atom. The lowest BCUT2D eigenvalue weighted by Crippen LogP contribution is -2.62. The van der Waals surface area contributed by atoms with Gasteiger partial charge in [0.15, 0.2) is 0 Å². The van der Waals surface area contributed by atoms with E-state index in [0.29, 0.717) is 13.1 Å². The van der Waals surface area contributed by atoms with Crippen molar-refractivity contribution in [2.24, 2.45) is 5.92 Å². The number of ether oxygens (including phenoxy) is 1. The molecule has 2 amide bonds. The van der Waals surface area contributed by atoms with Crippen LogP contribution in [0.4, 0.5) is 5.69 Å². The van der Waals surface area contributed by atoms with Crippen LogP contribution in [0.25, 0.3) is 0 Å².